The third-order valence-corrected chi connectivity index (χ3v) is 3.89. The van der Waals surface area contributed by atoms with Crippen LogP contribution in [-0.4, -0.2) is 36.2 Å². The SMILES string of the molecule is Cc1cccc(N(CCC(=O)O)C(=O)C2CCCO2)c1C. The molecule has 0 aromatic heterocycles. The first-order chi connectivity index (χ1) is 10.0. The number of nitrogens with zero attached hydrogens (tertiary/aromatic N) is 1. The normalized spacial score (nSPS) is 17.7. The standard InChI is InChI=1S/C16H21NO4/c1-11-5-3-6-13(12(11)2)17(9-8-15(18)19)16(20)14-7-4-10-21-14/h3,5-6,14H,4,7-10H2,1-2H3,(H,18,19). The van der Waals surface area contributed by atoms with Crippen LogP contribution >= 0.6 is 0 Å². The van der Waals surface area contributed by atoms with Gasteiger partial charge in [0.1, 0.15) is 6.10 Å². The van der Waals surface area contributed by atoms with Gasteiger partial charge in [0.05, 0.1) is 6.42 Å². The number of hydrogen-bond acceptors (Lipinski definition) is 3. The van der Waals surface area contributed by atoms with Crippen molar-refractivity contribution in [3.8, 4) is 0 Å². The van der Waals surface area contributed by atoms with Crippen LogP contribution in [0.5, 0.6) is 0 Å². The molecule has 114 valence electrons. The van der Waals surface area contributed by atoms with Gasteiger partial charge in [-0.25, -0.2) is 0 Å². The third kappa shape index (κ3) is 3.61. The third-order valence-electron chi connectivity index (χ3n) is 3.89. The van der Waals surface area contributed by atoms with Crippen LogP contribution in [0.3, 0.4) is 0 Å². The quantitative estimate of drug-likeness (QED) is 0.904. The molecule has 0 bridgehead atoms. The molecule has 1 unspecified atom stereocenters. The van der Waals surface area contributed by atoms with Gasteiger partial charge in [-0.05, 0) is 43.9 Å². The van der Waals surface area contributed by atoms with E-state index in [1.807, 2.05) is 32.0 Å². The summed E-state index contributed by atoms with van der Waals surface area (Å²) >= 11 is 0. The van der Waals surface area contributed by atoms with E-state index in [1.165, 1.54) is 0 Å². The number of ether oxygens (including phenoxy) is 1. The van der Waals surface area contributed by atoms with Crippen LogP contribution in [0.1, 0.15) is 30.4 Å². The van der Waals surface area contributed by atoms with Gasteiger partial charge in [-0.15, -0.1) is 0 Å². The Labute approximate surface area is 124 Å². The summed E-state index contributed by atoms with van der Waals surface area (Å²) in [6.07, 6.45) is 1.05. The second kappa shape index (κ2) is 6.72. The lowest BCUT2D eigenvalue weighted by atomic mass is 10.1. The molecule has 1 heterocycles. The summed E-state index contributed by atoms with van der Waals surface area (Å²) < 4.78 is 5.46. The Morgan fingerprint density at radius 1 is 1.38 bits per heavy atom. The van der Waals surface area contributed by atoms with E-state index in [-0.39, 0.29) is 18.9 Å². The molecular formula is C16H21NO4. The lowest BCUT2D eigenvalue weighted by Crippen LogP contribution is -2.40. The molecule has 1 N–H and O–H groups in total. The number of carbonyl (C=O) groups excluding carboxylic acids is 1. The summed E-state index contributed by atoms with van der Waals surface area (Å²) in [6.45, 7) is 4.68. The molecule has 0 radical (unpaired) electrons. The van der Waals surface area contributed by atoms with Crippen molar-refractivity contribution in [1.29, 1.82) is 0 Å². The number of benzene rings is 1. The first-order valence-corrected chi connectivity index (χ1v) is 7.21. The van der Waals surface area contributed by atoms with Crippen molar-refractivity contribution in [3.63, 3.8) is 0 Å². The van der Waals surface area contributed by atoms with E-state index in [9.17, 15) is 9.59 Å². The van der Waals surface area contributed by atoms with Gasteiger partial charge in [0.2, 0.25) is 0 Å². The van der Waals surface area contributed by atoms with Gasteiger partial charge in [0, 0.05) is 18.8 Å². The number of carbonyl (C=O) groups is 2. The van der Waals surface area contributed by atoms with Crippen LogP contribution < -0.4 is 4.90 Å². The Balaban J connectivity index is 2.28. The van der Waals surface area contributed by atoms with Crippen LogP contribution in [0, 0.1) is 13.8 Å². The molecule has 0 saturated carbocycles. The fraction of sp³-hybridized carbons (Fsp3) is 0.500. The monoisotopic (exact) mass is 291 g/mol. The molecule has 0 spiro atoms. The molecule has 1 amide bonds. The minimum Gasteiger partial charge on any atom is -0.481 e. The fourth-order valence-corrected chi connectivity index (χ4v) is 2.53. The van der Waals surface area contributed by atoms with Crippen molar-refractivity contribution in [2.24, 2.45) is 0 Å². The highest BCUT2D eigenvalue weighted by molar-refractivity contribution is 5.97. The molecule has 1 fully saturated rings. The fourth-order valence-electron chi connectivity index (χ4n) is 2.53. The summed E-state index contributed by atoms with van der Waals surface area (Å²) in [5.74, 6) is -1.05. The van der Waals surface area contributed by atoms with Gasteiger partial charge in [0.15, 0.2) is 0 Å². The number of aryl methyl sites for hydroxylation is 1. The van der Waals surface area contributed by atoms with Gasteiger partial charge >= 0.3 is 5.97 Å². The number of carboxylic acids is 1. The average Bonchev–Trinajstić information content (AvgIpc) is 2.97. The Morgan fingerprint density at radius 3 is 2.76 bits per heavy atom. The largest absolute Gasteiger partial charge is 0.481 e. The first kappa shape index (κ1) is 15.5. The zero-order valence-electron chi connectivity index (χ0n) is 12.5. The summed E-state index contributed by atoms with van der Waals surface area (Å²) in [7, 11) is 0. The van der Waals surface area contributed by atoms with Crippen LogP contribution in [0.4, 0.5) is 5.69 Å². The predicted octanol–water partition coefficient (Wildman–Crippen LogP) is 2.29. The van der Waals surface area contributed by atoms with Crippen molar-refractivity contribution in [2.75, 3.05) is 18.1 Å². The molecule has 5 heteroatoms. The Kier molecular flexibility index (Phi) is 4.96. The van der Waals surface area contributed by atoms with Gasteiger partial charge in [-0.3, -0.25) is 9.59 Å². The van der Waals surface area contributed by atoms with Crippen molar-refractivity contribution >= 4 is 17.6 Å². The van der Waals surface area contributed by atoms with E-state index in [0.29, 0.717) is 13.0 Å². The van der Waals surface area contributed by atoms with E-state index < -0.39 is 12.1 Å². The average molecular weight is 291 g/mol. The summed E-state index contributed by atoms with van der Waals surface area (Å²) in [4.78, 5) is 25.1. The van der Waals surface area contributed by atoms with Crippen molar-refractivity contribution in [3.05, 3.63) is 29.3 Å². The minimum atomic E-state index is -0.912. The van der Waals surface area contributed by atoms with Crippen LogP contribution in [0.25, 0.3) is 0 Å². The Bertz CT molecular complexity index is 535. The number of amides is 1. The van der Waals surface area contributed by atoms with Gasteiger partial charge in [-0.2, -0.15) is 0 Å². The molecule has 1 saturated heterocycles. The lowest BCUT2D eigenvalue weighted by Gasteiger charge is -2.27. The topological polar surface area (TPSA) is 66.8 Å². The summed E-state index contributed by atoms with van der Waals surface area (Å²) in [5, 5.41) is 8.91. The van der Waals surface area contributed by atoms with E-state index in [1.54, 1.807) is 4.90 Å². The second-order valence-corrected chi connectivity index (χ2v) is 5.35. The predicted molar refractivity (Wildman–Crippen MR) is 79.5 cm³/mol. The zero-order chi connectivity index (χ0) is 15.4. The molecular weight excluding hydrogens is 270 g/mol. The number of rotatable bonds is 5. The van der Waals surface area contributed by atoms with Crippen LogP contribution in [-0.2, 0) is 14.3 Å². The maximum absolute atomic E-state index is 12.6. The highest BCUT2D eigenvalue weighted by Crippen LogP contribution is 2.26. The second-order valence-electron chi connectivity index (χ2n) is 5.35. The van der Waals surface area contributed by atoms with E-state index in [2.05, 4.69) is 0 Å². The van der Waals surface area contributed by atoms with Crippen LogP contribution in [0.2, 0.25) is 0 Å². The molecule has 1 aromatic carbocycles. The molecule has 21 heavy (non-hydrogen) atoms. The molecule has 2 rings (SSSR count). The molecule has 0 aliphatic carbocycles. The van der Waals surface area contributed by atoms with Crippen molar-refractivity contribution < 1.29 is 19.4 Å². The number of hydrogen-bond donors (Lipinski definition) is 1. The minimum absolute atomic E-state index is 0.0775. The van der Waals surface area contributed by atoms with Crippen molar-refractivity contribution in [2.45, 2.75) is 39.2 Å². The Morgan fingerprint density at radius 2 is 2.14 bits per heavy atom. The molecule has 1 atom stereocenters. The molecule has 1 aromatic rings. The van der Waals surface area contributed by atoms with Crippen molar-refractivity contribution in [1.82, 2.24) is 0 Å². The van der Waals surface area contributed by atoms with E-state index >= 15 is 0 Å². The summed E-state index contributed by atoms with van der Waals surface area (Å²) in [6, 6.07) is 5.72. The highest BCUT2D eigenvalue weighted by Gasteiger charge is 2.30. The highest BCUT2D eigenvalue weighted by atomic mass is 16.5. The summed E-state index contributed by atoms with van der Waals surface area (Å²) in [5.41, 5.74) is 2.85. The van der Waals surface area contributed by atoms with E-state index in [0.717, 1.165) is 23.2 Å². The number of aliphatic carboxylic acids is 1. The van der Waals surface area contributed by atoms with Gasteiger partial charge < -0.3 is 14.7 Å². The lowest BCUT2D eigenvalue weighted by molar-refractivity contribution is -0.136. The van der Waals surface area contributed by atoms with E-state index in [4.69, 9.17) is 9.84 Å². The molecule has 1 aliphatic heterocycles. The maximum Gasteiger partial charge on any atom is 0.305 e. The van der Waals surface area contributed by atoms with Gasteiger partial charge in [0.25, 0.3) is 5.91 Å². The smallest absolute Gasteiger partial charge is 0.305 e. The Hall–Kier alpha value is -1.88. The maximum atomic E-state index is 12.6. The molecule has 1 aliphatic rings. The zero-order valence-corrected chi connectivity index (χ0v) is 12.5. The number of anilines is 1. The van der Waals surface area contributed by atoms with Gasteiger partial charge in [-0.1, -0.05) is 12.1 Å². The van der Waals surface area contributed by atoms with Crippen LogP contribution in [0.15, 0.2) is 18.2 Å². The first-order valence-electron chi connectivity index (χ1n) is 7.21. The number of carboxylic acid groups (broad SMARTS) is 1. The molecule has 5 nitrogen and oxygen atoms in total.